The summed E-state index contributed by atoms with van der Waals surface area (Å²) in [6.45, 7) is 13.1. The zero-order chi connectivity index (χ0) is 29.4. The van der Waals surface area contributed by atoms with Crippen LogP contribution in [0.15, 0.2) is 29.3 Å². The summed E-state index contributed by atoms with van der Waals surface area (Å²) >= 11 is 0. The molecule has 5 rings (SSSR count). The molecule has 216 valence electrons. The predicted molar refractivity (Wildman–Crippen MR) is 156 cm³/mol. The number of fused-ring (bicyclic) bond motifs is 1. The number of aliphatic imine (C=N–C) groups is 1. The Morgan fingerprint density at radius 2 is 1.82 bits per heavy atom. The lowest BCUT2D eigenvalue weighted by molar-refractivity contribution is -0.131. The van der Waals surface area contributed by atoms with E-state index < -0.39 is 5.54 Å². The fourth-order valence-corrected chi connectivity index (χ4v) is 5.42. The molecule has 39 heavy (non-hydrogen) atoms. The average molecular weight is 541 g/mol. The summed E-state index contributed by atoms with van der Waals surface area (Å²) in [4.78, 5) is 31.9. The van der Waals surface area contributed by atoms with Gasteiger partial charge in [-0.2, -0.15) is 0 Å². The van der Waals surface area contributed by atoms with Crippen LogP contribution in [0.5, 0.6) is 5.75 Å². The fourth-order valence-electron chi connectivity index (χ4n) is 5.42. The number of carbonyl (C=O) groups excluding carboxylic acids is 2. The number of carbonyl (C=O) groups is 2. The van der Waals surface area contributed by atoms with E-state index in [4.69, 9.17) is 10.5 Å². The normalized spacial score (nSPS) is 26.7. The van der Waals surface area contributed by atoms with Crippen molar-refractivity contribution >= 4 is 17.8 Å². The van der Waals surface area contributed by atoms with Crippen molar-refractivity contribution in [3.8, 4) is 18.6 Å². The maximum absolute atomic E-state index is 13.2. The van der Waals surface area contributed by atoms with Crippen molar-refractivity contribution in [2.75, 3.05) is 20.3 Å². The number of methoxy groups -OCH3 is 1. The minimum Gasteiger partial charge on any atom is -0.487 e. The summed E-state index contributed by atoms with van der Waals surface area (Å²) in [7, 11) is 1.68. The van der Waals surface area contributed by atoms with Crippen molar-refractivity contribution < 1.29 is 19.1 Å². The van der Waals surface area contributed by atoms with Gasteiger partial charge >= 0.3 is 0 Å². The van der Waals surface area contributed by atoms with E-state index >= 15 is 0 Å². The summed E-state index contributed by atoms with van der Waals surface area (Å²) in [5, 5.41) is 3.30. The number of nitrogens with zero attached hydrogens (tertiary/aromatic N) is 2. The van der Waals surface area contributed by atoms with E-state index in [1.807, 2.05) is 58.9 Å². The molecule has 3 atom stereocenters. The molecule has 0 radical (unpaired) electrons. The maximum Gasteiger partial charge on any atom is 0.231 e. The van der Waals surface area contributed by atoms with Gasteiger partial charge in [0.05, 0.1) is 18.0 Å². The number of guanidine groups is 1. The highest BCUT2D eigenvalue weighted by Crippen LogP contribution is 2.54. The third kappa shape index (κ3) is 7.54. The number of ether oxygens (including phenoxy) is 2. The number of benzene rings is 1. The van der Waals surface area contributed by atoms with Crippen LogP contribution in [0.25, 0.3) is 0 Å². The first-order chi connectivity index (χ1) is 18.5. The Kier molecular flexibility index (Phi) is 11.0. The smallest absolute Gasteiger partial charge is 0.231 e. The Balaban J connectivity index is 0.000000602. The van der Waals surface area contributed by atoms with Crippen LogP contribution in [0.2, 0.25) is 0 Å². The lowest BCUT2D eigenvalue weighted by atomic mass is 9.73. The number of terminal acetylenes is 1. The zero-order valence-corrected chi connectivity index (χ0v) is 24.9. The van der Waals surface area contributed by atoms with Crippen LogP contribution >= 0.6 is 0 Å². The molecule has 8 heteroatoms. The molecule has 8 nitrogen and oxygen atoms in total. The summed E-state index contributed by atoms with van der Waals surface area (Å²) in [5.41, 5.74) is 6.28. The summed E-state index contributed by atoms with van der Waals surface area (Å²) in [6.07, 6.45) is 13.2. The quantitative estimate of drug-likeness (QED) is 0.521. The van der Waals surface area contributed by atoms with E-state index in [9.17, 15) is 9.59 Å². The summed E-state index contributed by atoms with van der Waals surface area (Å²) in [5.74, 6) is 1.06. The number of hydrogen-bond donors (Lipinski definition) is 2. The van der Waals surface area contributed by atoms with Crippen LogP contribution in [0.4, 0.5) is 0 Å². The highest BCUT2D eigenvalue weighted by atomic mass is 16.5. The van der Waals surface area contributed by atoms with E-state index in [1.54, 1.807) is 12.0 Å². The SMILES string of the molecule is C#C.CC.CC1(C)CC(=O)N(C[C@@]2(C)CC2C(=O)N[C@H]2CC3(CCC3)Oc3ccccc32)C(N)=N1.CCOC. The van der Waals surface area contributed by atoms with Crippen molar-refractivity contribution in [1.82, 2.24) is 10.2 Å². The largest absolute Gasteiger partial charge is 0.487 e. The second-order valence-electron chi connectivity index (χ2n) is 11.4. The first-order valence-corrected chi connectivity index (χ1v) is 14.1. The van der Waals surface area contributed by atoms with Gasteiger partial charge in [-0.15, -0.1) is 12.8 Å². The maximum atomic E-state index is 13.2. The van der Waals surface area contributed by atoms with Gasteiger partial charge in [-0.25, -0.2) is 4.99 Å². The standard InChI is InChI=1S/C24H32N4O3.C3H8O.C2H6.C2H2/c1-22(2)13-19(29)28(21(25)27-22)14-23(3)11-16(23)20(30)26-17-12-24(9-6-10-24)31-18-8-5-4-7-15(17)18;1-3-4-2;2*1-2/h4-5,7-8,16-17H,6,9-14H2,1-3H3,(H2,25,27)(H,26,30);3H2,1-2H3;1-2H3;1-2H/t16?,17-,23+;;;/m0.../s1. The Labute approximate surface area is 235 Å². The van der Waals surface area contributed by atoms with E-state index in [1.165, 1.54) is 6.42 Å². The van der Waals surface area contributed by atoms with E-state index in [2.05, 4.69) is 34.8 Å². The van der Waals surface area contributed by atoms with Gasteiger partial charge in [0.2, 0.25) is 11.8 Å². The third-order valence-corrected chi connectivity index (χ3v) is 7.83. The van der Waals surface area contributed by atoms with Crippen LogP contribution in [0.1, 0.15) is 91.7 Å². The monoisotopic (exact) mass is 540 g/mol. The van der Waals surface area contributed by atoms with E-state index in [0.717, 1.165) is 43.6 Å². The Hall–Kier alpha value is -3.05. The van der Waals surface area contributed by atoms with Crippen molar-refractivity contribution in [3.05, 3.63) is 29.8 Å². The minimum absolute atomic E-state index is 0.0185. The lowest BCUT2D eigenvalue weighted by Gasteiger charge is -2.48. The average Bonchev–Trinajstić information content (AvgIpc) is 3.58. The molecule has 1 unspecified atom stereocenters. The minimum atomic E-state index is -0.465. The van der Waals surface area contributed by atoms with Gasteiger partial charge < -0.3 is 20.5 Å². The van der Waals surface area contributed by atoms with Gasteiger partial charge in [0.15, 0.2) is 5.96 Å². The number of nitrogens with one attached hydrogen (secondary N) is 1. The molecule has 1 aromatic carbocycles. The van der Waals surface area contributed by atoms with Crippen LogP contribution in [-0.2, 0) is 14.3 Å². The summed E-state index contributed by atoms with van der Waals surface area (Å²) < 4.78 is 10.8. The number of para-hydroxylation sites is 1. The molecule has 0 bridgehead atoms. The van der Waals surface area contributed by atoms with Crippen molar-refractivity contribution in [3.63, 3.8) is 0 Å². The van der Waals surface area contributed by atoms with E-state index in [-0.39, 0.29) is 40.7 Å². The molecule has 0 aromatic heterocycles. The fraction of sp³-hybridized carbons (Fsp3) is 0.645. The first kappa shape index (κ1) is 32.2. The molecule has 2 fully saturated rings. The molecule has 2 aliphatic carbocycles. The van der Waals surface area contributed by atoms with Crippen molar-refractivity contribution in [2.45, 2.75) is 97.2 Å². The second-order valence-corrected chi connectivity index (χ2v) is 11.4. The van der Waals surface area contributed by atoms with Gasteiger partial charge in [-0.1, -0.05) is 39.0 Å². The Morgan fingerprint density at radius 1 is 1.21 bits per heavy atom. The van der Waals surface area contributed by atoms with Gasteiger partial charge in [-0.05, 0) is 57.9 Å². The lowest BCUT2D eigenvalue weighted by Crippen LogP contribution is -2.52. The highest BCUT2D eigenvalue weighted by Gasteiger charge is 2.57. The molecular formula is C31H48N4O4. The third-order valence-electron chi connectivity index (χ3n) is 7.83. The second kappa shape index (κ2) is 13.3. The Morgan fingerprint density at radius 3 is 2.36 bits per heavy atom. The van der Waals surface area contributed by atoms with Crippen LogP contribution < -0.4 is 15.8 Å². The van der Waals surface area contributed by atoms with Gasteiger partial charge in [0.25, 0.3) is 0 Å². The topological polar surface area (TPSA) is 106 Å². The molecular weight excluding hydrogens is 492 g/mol. The first-order valence-electron chi connectivity index (χ1n) is 14.1. The van der Waals surface area contributed by atoms with Crippen LogP contribution in [0, 0.1) is 24.2 Å². The molecule has 2 aliphatic heterocycles. The van der Waals surface area contributed by atoms with Crippen molar-refractivity contribution in [2.24, 2.45) is 22.1 Å². The van der Waals surface area contributed by atoms with Crippen LogP contribution in [0.3, 0.4) is 0 Å². The van der Waals surface area contributed by atoms with Gasteiger partial charge in [0.1, 0.15) is 11.4 Å². The van der Waals surface area contributed by atoms with E-state index in [0.29, 0.717) is 13.0 Å². The molecule has 1 aromatic rings. The van der Waals surface area contributed by atoms with Gasteiger partial charge in [-0.3, -0.25) is 14.5 Å². The highest BCUT2D eigenvalue weighted by molar-refractivity contribution is 5.99. The Bertz CT molecular complexity index is 1040. The van der Waals surface area contributed by atoms with Gasteiger partial charge in [0, 0.05) is 38.2 Å². The number of hydrogen-bond acceptors (Lipinski definition) is 6. The predicted octanol–water partition coefficient (Wildman–Crippen LogP) is 4.83. The molecule has 1 spiro atoms. The molecule has 3 N–H and O–H groups in total. The molecule has 0 saturated heterocycles. The molecule has 2 amide bonds. The van der Waals surface area contributed by atoms with Crippen molar-refractivity contribution in [1.29, 1.82) is 0 Å². The number of amides is 2. The molecule has 4 aliphatic rings. The zero-order valence-electron chi connectivity index (χ0n) is 24.9. The van der Waals surface area contributed by atoms with Crippen LogP contribution in [-0.4, -0.2) is 54.1 Å². The number of nitrogens with two attached hydrogens (primary N) is 1. The molecule has 2 saturated carbocycles. The molecule has 2 heterocycles. The number of rotatable bonds is 5. The summed E-state index contributed by atoms with van der Waals surface area (Å²) in [6, 6.07) is 7.99.